The van der Waals surface area contributed by atoms with E-state index < -0.39 is 0 Å². The second kappa shape index (κ2) is 9.54. The third-order valence-corrected chi connectivity index (χ3v) is 5.67. The van der Waals surface area contributed by atoms with Gasteiger partial charge in [0.1, 0.15) is 11.6 Å². The highest BCUT2D eigenvalue weighted by Gasteiger charge is 2.05. The molecule has 2 aromatic carbocycles. The molecular formula is C19H20FN3OS2. The van der Waals surface area contributed by atoms with Gasteiger partial charge < -0.3 is 10.1 Å². The molecule has 0 saturated heterocycles. The number of benzene rings is 2. The van der Waals surface area contributed by atoms with Crippen molar-refractivity contribution in [3.05, 3.63) is 59.9 Å². The molecule has 0 fully saturated rings. The molecule has 0 radical (unpaired) electrons. The van der Waals surface area contributed by atoms with Gasteiger partial charge >= 0.3 is 0 Å². The van der Waals surface area contributed by atoms with Crippen molar-refractivity contribution in [2.24, 2.45) is 0 Å². The van der Waals surface area contributed by atoms with Crippen molar-refractivity contribution < 1.29 is 9.13 Å². The molecule has 7 heteroatoms. The van der Waals surface area contributed by atoms with Gasteiger partial charge in [-0.3, -0.25) is 0 Å². The summed E-state index contributed by atoms with van der Waals surface area (Å²) in [4.78, 5) is 0. The number of halogens is 1. The van der Waals surface area contributed by atoms with Gasteiger partial charge in [0.2, 0.25) is 5.13 Å². The monoisotopic (exact) mass is 389 g/mol. The number of aromatic nitrogens is 2. The Morgan fingerprint density at radius 1 is 1.08 bits per heavy atom. The van der Waals surface area contributed by atoms with Gasteiger partial charge in [-0.1, -0.05) is 42.2 Å². The fourth-order valence-corrected chi connectivity index (χ4v) is 3.96. The van der Waals surface area contributed by atoms with E-state index in [1.807, 2.05) is 0 Å². The van der Waals surface area contributed by atoms with Crippen molar-refractivity contribution in [3.8, 4) is 5.75 Å². The highest BCUT2D eigenvalue weighted by atomic mass is 32.2. The highest BCUT2D eigenvalue weighted by Crippen LogP contribution is 2.28. The van der Waals surface area contributed by atoms with E-state index in [-0.39, 0.29) is 5.82 Å². The Kier molecular flexibility index (Phi) is 6.85. The fourth-order valence-electron chi connectivity index (χ4n) is 2.21. The summed E-state index contributed by atoms with van der Waals surface area (Å²) < 4.78 is 19.3. The largest absolute Gasteiger partial charge is 0.494 e. The number of nitrogens with one attached hydrogen (secondary N) is 1. The van der Waals surface area contributed by atoms with Gasteiger partial charge in [-0.25, -0.2) is 4.39 Å². The molecule has 0 saturated carbocycles. The molecule has 0 bridgehead atoms. The number of thioether (sulfide) groups is 1. The molecule has 0 amide bonds. The Morgan fingerprint density at radius 2 is 1.85 bits per heavy atom. The summed E-state index contributed by atoms with van der Waals surface area (Å²) >= 11 is 3.20. The van der Waals surface area contributed by atoms with Crippen LogP contribution < -0.4 is 10.1 Å². The number of ether oxygens (including phenoxy) is 1. The van der Waals surface area contributed by atoms with Crippen LogP contribution in [0.4, 0.5) is 15.2 Å². The summed E-state index contributed by atoms with van der Waals surface area (Å²) in [5.41, 5.74) is 2.33. The number of hydrogen-bond donors (Lipinski definition) is 1. The maximum Gasteiger partial charge on any atom is 0.210 e. The minimum absolute atomic E-state index is 0.255. The summed E-state index contributed by atoms with van der Waals surface area (Å²) in [6, 6.07) is 14.4. The molecule has 26 heavy (non-hydrogen) atoms. The van der Waals surface area contributed by atoms with Crippen LogP contribution in [-0.2, 0) is 6.42 Å². The van der Waals surface area contributed by atoms with E-state index >= 15 is 0 Å². The maximum atomic E-state index is 12.8. The first-order chi connectivity index (χ1) is 12.7. The molecule has 0 aliphatic rings. The molecule has 0 unspecified atom stereocenters. The van der Waals surface area contributed by atoms with E-state index in [9.17, 15) is 4.39 Å². The van der Waals surface area contributed by atoms with Crippen molar-refractivity contribution >= 4 is 33.9 Å². The van der Waals surface area contributed by atoms with Crippen LogP contribution in [0.1, 0.15) is 18.9 Å². The molecule has 3 aromatic rings. The summed E-state index contributed by atoms with van der Waals surface area (Å²) in [5, 5.41) is 12.4. The van der Waals surface area contributed by atoms with Crippen LogP contribution >= 0.6 is 23.1 Å². The van der Waals surface area contributed by atoms with E-state index in [1.54, 1.807) is 35.2 Å². The number of anilines is 2. The molecule has 0 atom stereocenters. The Bertz CT molecular complexity index is 806. The third-order valence-electron chi connectivity index (χ3n) is 3.62. The maximum absolute atomic E-state index is 12.8. The van der Waals surface area contributed by atoms with E-state index in [0.717, 1.165) is 33.8 Å². The predicted octanol–water partition coefficient (Wildman–Crippen LogP) is 5.54. The Hall–Kier alpha value is -2.12. The highest BCUT2D eigenvalue weighted by molar-refractivity contribution is 8.01. The Balaban J connectivity index is 1.38. The molecular weight excluding hydrogens is 369 g/mol. The van der Waals surface area contributed by atoms with Crippen molar-refractivity contribution in [1.29, 1.82) is 0 Å². The van der Waals surface area contributed by atoms with E-state index in [4.69, 9.17) is 4.74 Å². The van der Waals surface area contributed by atoms with Crippen LogP contribution in [0, 0.1) is 5.82 Å². The lowest BCUT2D eigenvalue weighted by Crippen LogP contribution is -1.98. The summed E-state index contributed by atoms with van der Waals surface area (Å²) in [6.45, 7) is 2.73. The molecule has 0 spiro atoms. The first-order valence-corrected chi connectivity index (χ1v) is 10.2. The van der Waals surface area contributed by atoms with Crippen molar-refractivity contribution in [1.82, 2.24) is 10.2 Å². The summed E-state index contributed by atoms with van der Waals surface area (Å²) in [7, 11) is 0. The van der Waals surface area contributed by atoms with Gasteiger partial charge in [0.05, 0.1) is 6.61 Å². The number of rotatable bonds is 9. The molecule has 0 aliphatic heterocycles. The summed E-state index contributed by atoms with van der Waals surface area (Å²) in [5.74, 6) is 1.32. The van der Waals surface area contributed by atoms with Crippen LogP contribution in [-0.4, -0.2) is 22.6 Å². The lowest BCUT2D eigenvalue weighted by Gasteiger charge is -2.04. The third kappa shape index (κ3) is 5.71. The molecule has 1 heterocycles. The normalized spacial score (nSPS) is 10.7. The molecule has 4 nitrogen and oxygen atoms in total. The topological polar surface area (TPSA) is 47.0 Å². The second-order valence-electron chi connectivity index (χ2n) is 5.55. The quantitative estimate of drug-likeness (QED) is 0.384. The van der Waals surface area contributed by atoms with Gasteiger partial charge in [0.25, 0.3) is 0 Å². The van der Waals surface area contributed by atoms with Crippen molar-refractivity contribution in [2.75, 3.05) is 17.7 Å². The first-order valence-electron chi connectivity index (χ1n) is 8.43. The lowest BCUT2D eigenvalue weighted by atomic mass is 10.1. The van der Waals surface area contributed by atoms with Crippen molar-refractivity contribution in [3.63, 3.8) is 0 Å². The number of aryl methyl sites for hydroxylation is 1. The zero-order chi connectivity index (χ0) is 18.2. The average Bonchev–Trinajstić information content (AvgIpc) is 3.11. The molecule has 1 N–H and O–H groups in total. The zero-order valence-electron chi connectivity index (χ0n) is 14.4. The SMILES string of the molecule is CCc1ccc(Nc2nnc(SCCCOc3ccc(F)cc3)s2)cc1. The smallest absolute Gasteiger partial charge is 0.210 e. The standard InChI is InChI=1S/C19H20FN3OS2/c1-2-14-4-8-16(9-5-14)21-18-22-23-19(26-18)25-13-3-12-24-17-10-6-15(20)7-11-17/h4-11H,2-3,12-13H2,1H3,(H,21,22). The lowest BCUT2D eigenvalue weighted by molar-refractivity contribution is 0.318. The van der Waals surface area contributed by atoms with Gasteiger partial charge in [0.15, 0.2) is 4.34 Å². The molecule has 3 rings (SSSR count). The zero-order valence-corrected chi connectivity index (χ0v) is 16.1. The fraction of sp³-hybridized carbons (Fsp3) is 0.263. The molecule has 0 aliphatic carbocycles. The first kappa shape index (κ1) is 18.7. The van der Waals surface area contributed by atoms with Gasteiger partial charge in [-0.15, -0.1) is 10.2 Å². The van der Waals surface area contributed by atoms with E-state index in [2.05, 4.69) is 46.7 Å². The van der Waals surface area contributed by atoms with Crippen LogP contribution in [0.25, 0.3) is 0 Å². The number of hydrogen-bond acceptors (Lipinski definition) is 6. The van der Waals surface area contributed by atoms with Crippen molar-refractivity contribution in [2.45, 2.75) is 24.1 Å². The van der Waals surface area contributed by atoms with E-state index in [1.165, 1.54) is 17.7 Å². The Labute approximate surface area is 160 Å². The van der Waals surface area contributed by atoms with Gasteiger partial charge in [-0.2, -0.15) is 0 Å². The van der Waals surface area contributed by atoms with Crippen LogP contribution in [0.2, 0.25) is 0 Å². The summed E-state index contributed by atoms with van der Waals surface area (Å²) in [6.07, 6.45) is 1.91. The molecule has 1 aromatic heterocycles. The van der Waals surface area contributed by atoms with Crippen LogP contribution in [0.15, 0.2) is 52.9 Å². The van der Waals surface area contributed by atoms with E-state index in [0.29, 0.717) is 12.4 Å². The van der Waals surface area contributed by atoms with Gasteiger partial charge in [0, 0.05) is 11.4 Å². The minimum Gasteiger partial charge on any atom is -0.494 e. The van der Waals surface area contributed by atoms with Crippen LogP contribution in [0.5, 0.6) is 5.75 Å². The average molecular weight is 390 g/mol. The molecule has 136 valence electrons. The Morgan fingerprint density at radius 3 is 2.58 bits per heavy atom. The van der Waals surface area contributed by atoms with Crippen LogP contribution in [0.3, 0.4) is 0 Å². The minimum atomic E-state index is -0.255. The van der Waals surface area contributed by atoms with Gasteiger partial charge in [-0.05, 0) is 54.8 Å². The second-order valence-corrected chi connectivity index (χ2v) is 7.87. The predicted molar refractivity (Wildman–Crippen MR) is 106 cm³/mol. The number of nitrogens with zero attached hydrogens (tertiary/aromatic N) is 2.